The lowest BCUT2D eigenvalue weighted by atomic mass is 10.2. The summed E-state index contributed by atoms with van der Waals surface area (Å²) in [5, 5.41) is 11.6. The van der Waals surface area contributed by atoms with E-state index in [1.165, 1.54) is 29.5 Å². The van der Waals surface area contributed by atoms with E-state index in [1.54, 1.807) is 12.1 Å². The number of hydrogen-bond donors (Lipinski definition) is 1. The molecule has 3 aromatic rings. The number of carbonyl (C=O) groups excluding carboxylic acids is 1. The Labute approximate surface area is 173 Å². The largest absolute Gasteiger partial charge is 0.483 e. The smallest absolute Gasteiger partial charge is 0.234 e. The Morgan fingerprint density at radius 3 is 2.69 bits per heavy atom. The van der Waals surface area contributed by atoms with Crippen LogP contribution in [0.25, 0.3) is 0 Å². The molecule has 0 saturated carbocycles. The summed E-state index contributed by atoms with van der Waals surface area (Å²) >= 11 is 1.26. The molecular formula is C21H23FN4O2S. The number of amides is 1. The summed E-state index contributed by atoms with van der Waals surface area (Å²) in [7, 11) is 1.84. The van der Waals surface area contributed by atoms with Crippen LogP contribution in [0, 0.1) is 5.82 Å². The summed E-state index contributed by atoms with van der Waals surface area (Å²) in [6.07, 6.45) is 0.683. The molecule has 0 bridgehead atoms. The number of nitrogens with zero attached hydrogens (tertiary/aromatic N) is 3. The van der Waals surface area contributed by atoms with Gasteiger partial charge in [-0.25, -0.2) is 4.39 Å². The quantitative estimate of drug-likeness (QED) is 0.554. The number of nitrogens with one attached hydrogen (secondary N) is 1. The lowest BCUT2D eigenvalue weighted by Crippen LogP contribution is -2.15. The number of hydrogen-bond acceptors (Lipinski definition) is 5. The molecule has 152 valence electrons. The van der Waals surface area contributed by atoms with Crippen LogP contribution in [-0.2, 0) is 18.3 Å². The van der Waals surface area contributed by atoms with Crippen molar-refractivity contribution in [1.82, 2.24) is 14.8 Å². The maximum atomic E-state index is 13.2. The predicted octanol–water partition coefficient (Wildman–Crippen LogP) is 4.39. The molecule has 0 aliphatic rings. The number of halogens is 1. The maximum absolute atomic E-state index is 13.2. The summed E-state index contributed by atoms with van der Waals surface area (Å²) in [6.45, 7) is 4.01. The van der Waals surface area contributed by atoms with Gasteiger partial charge >= 0.3 is 0 Å². The fraction of sp³-hybridized carbons (Fsp3) is 0.286. The molecule has 0 aliphatic carbocycles. The number of anilines is 1. The van der Waals surface area contributed by atoms with Crippen molar-refractivity contribution in [3.05, 3.63) is 65.7 Å². The summed E-state index contributed by atoms with van der Waals surface area (Å²) in [5.74, 6) is 0.923. The molecule has 1 atom stereocenters. The molecule has 0 saturated heterocycles. The molecule has 0 radical (unpaired) electrons. The highest BCUT2D eigenvalue weighted by atomic mass is 32.2. The number of thioether (sulfide) groups is 1. The monoisotopic (exact) mass is 414 g/mol. The second kappa shape index (κ2) is 9.56. The first-order chi connectivity index (χ1) is 14.0. The molecule has 1 N–H and O–H groups in total. The minimum Gasteiger partial charge on any atom is -0.483 e. The molecule has 0 unspecified atom stereocenters. The Kier molecular flexibility index (Phi) is 6.87. The van der Waals surface area contributed by atoms with Gasteiger partial charge in [0.05, 0.1) is 5.75 Å². The normalized spacial score (nSPS) is 11.9. The molecule has 2 aromatic carbocycles. The van der Waals surface area contributed by atoms with Gasteiger partial charge in [0.25, 0.3) is 0 Å². The highest BCUT2D eigenvalue weighted by Gasteiger charge is 2.18. The fourth-order valence-corrected chi connectivity index (χ4v) is 3.48. The topological polar surface area (TPSA) is 69.0 Å². The van der Waals surface area contributed by atoms with E-state index in [9.17, 15) is 9.18 Å². The average Bonchev–Trinajstić information content (AvgIpc) is 3.07. The number of carbonyl (C=O) groups is 1. The Bertz CT molecular complexity index is 975. The molecule has 8 heteroatoms. The molecule has 1 heterocycles. The number of benzene rings is 2. The van der Waals surface area contributed by atoms with Crippen LogP contribution in [0.15, 0.2) is 53.7 Å². The first-order valence-corrected chi connectivity index (χ1v) is 10.3. The van der Waals surface area contributed by atoms with Gasteiger partial charge < -0.3 is 14.6 Å². The van der Waals surface area contributed by atoms with Crippen LogP contribution in [0.2, 0.25) is 0 Å². The van der Waals surface area contributed by atoms with E-state index in [0.29, 0.717) is 16.7 Å². The zero-order valence-corrected chi connectivity index (χ0v) is 17.4. The summed E-state index contributed by atoms with van der Waals surface area (Å²) in [4.78, 5) is 12.1. The van der Waals surface area contributed by atoms with Crippen molar-refractivity contribution < 1.29 is 13.9 Å². The van der Waals surface area contributed by atoms with Crippen LogP contribution >= 0.6 is 11.8 Å². The Morgan fingerprint density at radius 2 is 2.00 bits per heavy atom. The van der Waals surface area contributed by atoms with Crippen LogP contribution in [0.1, 0.15) is 31.3 Å². The third-order valence-corrected chi connectivity index (χ3v) is 5.34. The van der Waals surface area contributed by atoms with Crippen molar-refractivity contribution in [2.75, 3.05) is 11.1 Å². The SMILES string of the molecule is CCc1ccc(O[C@H](C)c2nnc(SCC(=O)Nc3cccc(F)c3)n2C)cc1. The number of ether oxygens (including phenoxy) is 1. The summed E-state index contributed by atoms with van der Waals surface area (Å²) < 4.78 is 21.0. The average molecular weight is 415 g/mol. The predicted molar refractivity (Wildman–Crippen MR) is 112 cm³/mol. The minimum atomic E-state index is -0.397. The third-order valence-electron chi connectivity index (χ3n) is 4.32. The van der Waals surface area contributed by atoms with Crippen molar-refractivity contribution in [3.8, 4) is 5.75 Å². The van der Waals surface area contributed by atoms with Crippen molar-refractivity contribution in [2.45, 2.75) is 31.5 Å². The van der Waals surface area contributed by atoms with Crippen LogP contribution in [0.5, 0.6) is 5.75 Å². The first kappa shape index (κ1) is 20.9. The summed E-state index contributed by atoms with van der Waals surface area (Å²) in [6, 6.07) is 13.7. The maximum Gasteiger partial charge on any atom is 0.234 e. The van der Waals surface area contributed by atoms with Gasteiger partial charge in [-0.15, -0.1) is 10.2 Å². The lowest BCUT2D eigenvalue weighted by molar-refractivity contribution is -0.113. The van der Waals surface area contributed by atoms with E-state index in [-0.39, 0.29) is 17.8 Å². The second-order valence-corrected chi connectivity index (χ2v) is 7.45. The van der Waals surface area contributed by atoms with Gasteiger partial charge in [-0.3, -0.25) is 4.79 Å². The van der Waals surface area contributed by atoms with Crippen molar-refractivity contribution in [2.24, 2.45) is 7.05 Å². The Balaban J connectivity index is 1.57. The van der Waals surface area contributed by atoms with Crippen molar-refractivity contribution in [1.29, 1.82) is 0 Å². The highest BCUT2D eigenvalue weighted by Crippen LogP contribution is 2.24. The van der Waals surface area contributed by atoms with Gasteiger partial charge in [0.1, 0.15) is 11.6 Å². The third kappa shape index (κ3) is 5.57. The van der Waals surface area contributed by atoms with E-state index >= 15 is 0 Å². The van der Waals surface area contributed by atoms with Crippen molar-refractivity contribution in [3.63, 3.8) is 0 Å². The molecule has 0 spiro atoms. The molecule has 29 heavy (non-hydrogen) atoms. The van der Waals surface area contributed by atoms with E-state index < -0.39 is 5.82 Å². The molecule has 1 aromatic heterocycles. The fourth-order valence-electron chi connectivity index (χ4n) is 2.76. The van der Waals surface area contributed by atoms with Crippen molar-refractivity contribution >= 4 is 23.4 Å². The van der Waals surface area contributed by atoms with Gasteiger partial charge in [-0.05, 0) is 49.2 Å². The summed E-state index contributed by atoms with van der Waals surface area (Å²) in [5.41, 5.74) is 1.67. The number of aryl methyl sites for hydroxylation is 1. The molecule has 1 amide bonds. The first-order valence-electron chi connectivity index (χ1n) is 9.29. The minimum absolute atomic E-state index is 0.135. The van der Waals surface area contributed by atoms with Gasteiger partial charge in [-0.2, -0.15) is 0 Å². The zero-order valence-electron chi connectivity index (χ0n) is 16.6. The van der Waals surface area contributed by atoms with Crippen LogP contribution in [0.4, 0.5) is 10.1 Å². The lowest BCUT2D eigenvalue weighted by Gasteiger charge is -2.14. The van der Waals surface area contributed by atoms with Gasteiger partial charge in [0.15, 0.2) is 17.1 Å². The molecule has 3 rings (SSSR count). The number of aromatic nitrogens is 3. The molecule has 6 nitrogen and oxygen atoms in total. The molecular weight excluding hydrogens is 391 g/mol. The van der Waals surface area contributed by atoms with E-state index in [2.05, 4.69) is 22.4 Å². The molecule has 0 aliphatic heterocycles. The highest BCUT2D eigenvalue weighted by molar-refractivity contribution is 7.99. The Hall–Kier alpha value is -2.87. The van der Waals surface area contributed by atoms with E-state index in [1.807, 2.05) is 42.8 Å². The van der Waals surface area contributed by atoms with Crippen LogP contribution < -0.4 is 10.1 Å². The number of rotatable bonds is 8. The van der Waals surface area contributed by atoms with Crippen LogP contribution in [0.3, 0.4) is 0 Å². The second-order valence-electron chi connectivity index (χ2n) is 6.50. The van der Waals surface area contributed by atoms with E-state index in [0.717, 1.165) is 12.2 Å². The zero-order chi connectivity index (χ0) is 20.8. The van der Waals surface area contributed by atoms with E-state index in [4.69, 9.17) is 4.74 Å². The van der Waals surface area contributed by atoms with Gasteiger partial charge in [-0.1, -0.05) is 36.9 Å². The van der Waals surface area contributed by atoms with Gasteiger partial charge in [0.2, 0.25) is 5.91 Å². The van der Waals surface area contributed by atoms with Gasteiger partial charge in [0, 0.05) is 12.7 Å². The Morgan fingerprint density at radius 1 is 1.24 bits per heavy atom. The van der Waals surface area contributed by atoms with Crippen LogP contribution in [-0.4, -0.2) is 26.4 Å². The molecule has 0 fully saturated rings. The standard InChI is InChI=1S/C21H23FN4O2S/c1-4-15-8-10-18(11-9-15)28-14(2)20-24-25-21(26(20)3)29-13-19(27)23-17-7-5-6-16(22)12-17/h5-12,14H,4,13H2,1-3H3,(H,23,27)/t14-/m1/s1.